The van der Waals surface area contributed by atoms with E-state index in [4.69, 9.17) is 4.74 Å². The SMILES string of the molecule is CONC(=O)CCCNC(=O)OCc1ccccc1. The van der Waals surface area contributed by atoms with Crippen molar-refractivity contribution in [2.24, 2.45) is 0 Å². The molecule has 0 saturated heterocycles. The molecular weight excluding hydrogens is 248 g/mol. The third kappa shape index (κ3) is 7.05. The Morgan fingerprint density at radius 1 is 1.21 bits per heavy atom. The standard InChI is InChI=1S/C13H18N2O4/c1-18-15-12(16)8-5-9-14-13(17)19-10-11-6-3-2-4-7-11/h2-4,6-7H,5,8-10H2,1H3,(H,14,17)(H,15,16). The molecule has 0 radical (unpaired) electrons. The topological polar surface area (TPSA) is 76.7 Å². The molecule has 1 aromatic carbocycles. The Balaban J connectivity index is 2.07. The van der Waals surface area contributed by atoms with Gasteiger partial charge in [0.2, 0.25) is 5.91 Å². The van der Waals surface area contributed by atoms with Crippen LogP contribution in [0, 0.1) is 0 Å². The molecule has 0 aliphatic rings. The Hall–Kier alpha value is -2.08. The molecule has 1 rings (SSSR count). The lowest BCUT2D eigenvalue weighted by molar-refractivity contribution is -0.131. The van der Waals surface area contributed by atoms with E-state index in [0.717, 1.165) is 5.56 Å². The van der Waals surface area contributed by atoms with Gasteiger partial charge in [-0.3, -0.25) is 9.63 Å². The van der Waals surface area contributed by atoms with E-state index in [9.17, 15) is 9.59 Å². The average molecular weight is 266 g/mol. The molecule has 0 heterocycles. The van der Waals surface area contributed by atoms with Crippen LogP contribution in [0.5, 0.6) is 0 Å². The second kappa shape index (κ2) is 8.93. The molecule has 0 aromatic heterocycles. The number of alkyl carbamates (subject to hydrolysis) is 1. The number of hydrogen-bond donors (Lipinski definition) is 2. The van der Waals surface area contributed by atoms with E-state index in [-0.39, 0.29) is 18.9 Å². The van der Waals surface area contributed by atoms with Gasteiger partial charge >= 0.3 is 6.09 Å². The number of hydrogen-bond acceptors (Lipinski definition) is 4. The predicted octanol–water partition coefficient (Wildman–Crippen LogP) is 1.37. The maximum Gasteiger partial charge on any atom is 0.407 e. The predicted molar refractivity (Wildman–Crippen MR) is 69.0 cm³/mol. The highest BCUT2D eigenvalue weighted by molar-refractivity contribution is 5.74. The van der Waals surface area contributed by atoms with Crippen LogP contribution in [0.15, 0.2) is 30.3 Å². The molecule has 2 amide bonds. The first-order valence-electron chi connectivity index (χ1n) is 5.98. The normalized spacial score (nSPS) is 9.74. The maximum absolute atomic E-state index is 11.3. The Morgan fingerprint density at radius 2 is 1.95 bits per heavy atom. The lowest BCUT2D eigenvalue weighted by atomic mass is 10.2. The lowest BCUT2D eigenvalue weighted by Crippen LogP contribution is -2.27. The monoisotopic (exact) mass is 266 g/mol. The van der Waals surface area contributed by atoms with Gasteiger partial charge in [0.05, 0.1) is 7.11 Å². The highest BCUT2D eigenvalue weighted by Gasteiger charge is 2.03. The van der Waals surface area contributed by atoms with E-state index in [2.05, 4.69) is 15.6 Å². The van der Waals surface area contributed by atoms with Crippen molar-refractivity contribution in [3.8, 4) is 0 Å². The summed E-state index contributed by atoms with van der Waals surface area (Å²) in [5.74, 6) is -0.220. The smallest absolute Gasteiger partial charge is 0.407 e. The molecule has 2 N–H and O–H groups in total. The fraction of sp³-hybridized carbons (Fsp3) is 0.385. The van der Waals surface area contributed by atoms with Crippen molar-refractivity contribution in [3.63, 3.8) is 0 Å². The quantitative estimate of drug-likeness (QED) is 0.577. The van der Waals surface area contributed by atoms with Crippen LogP contribution in [-0.2, 0) is 21.0 Å². The van der Waals surface area contributed by atoms with Gasteiger partial charge in [-0.1, -0.05) is 30.3 Å². The highest BCUT2D eigenvalue weighted by atomic mass is 16.6. The first kappa shape index (κ1) is 15.0. The molecule has 0 aliphatic heterocycles. The molecule has 1 aromatic rings. The van der Waals surface area contributed by atoms with Gasteiger partial charge in [0.25, 0.3) is 0 Å². The molecular formula is C13H18N2O4. The van der Waals surface area contributed by atoms with Crippen molar-refractivity contribution in [1.29, 1.82) is 0 Å². The fourth-order valence-electron chi connectivity index (χ4n) is 1.38. The molecule has 6 heteroatoms. The minimum Gasteiger partial charge on any atom is -0.445 e. The van der Waals surface area contributed by atoms with E-state index in [1.165, 1.54) is 7.11 Å². The molecule has 19 heavy (non-hydrogen) atoms. The van der Waals surface area contributed by atoms with Gasteiger partial charge in [0, 0.05) is 13.0 Å². The van der Waals surface area contributed by atoms with Crippen molar-refractivity contribution in [1.82, 2.24) is 10.8 Å². The summed E-state index contributed by atoms with van der Waals surface area (Å²) >= 11 is 0. The Bertz CT molecular complexity index is 395. The molecule has 0 spiro atoms. The van der Waals surface area contributed by atoms with Crippen LogP contribution in [-0.4, -0.2) is 25.7 Å². The first-order valence-corrected chi connectivity index (χ1v) is 5.98. The lowest BCUT2D eigenvalue weighted by Gasteiger charge is -2.07. The summed E-state index contributed by atoms with van der Waals surface area (Å²) in [5.41, 5.74) is 3.13. The molecule has 0 atom stereocenters. The number of carbonyl (C=O) groups excluding carboxylic acids is 2. The van der Waals surface area contributed by atoms with Crippen LogP contribution in [0.2, 0.25) is 0 Å². The van der Waals surface area contributed by atoms with Crippen molar-refractivity contribution in [3.05, 3.63) is 35.9 Å². The number of hydroxylamine groups is 1. The van der Waals surface area contributed by atoms with E-state index in [0.29, 0.717) is 13.0 Å². The molecule has 0 bridgehead atoms. The molecule has 6 nitrogen and oxygen atoms in total. The summed E-state index contributed by atoms with van der Waals surface area (Å²) in [6.45, 7) is 0.613. The number of rotatable bonds is 7. The average Bonchev–Trinajstić information content (AvgIpc) is 2.43. The molecule has 0 saturated carbocycles. The molecule has 0 unspecified atom stereocenters. The van der Waals surface area contributed by atoms with Crippen LogP contribution in [0.4, 0.5) is 4.79 Å². The zero-order valence-electron chi connectivity index (χ0n) is 10.8. The Kier molecular flexibility index (Phi) is 7.04. The van der Waals surface area contributed by atoms with Gasteiger partial charge in [-0.2, -0.15) is 0 Å². The van der Waals surface area contributed by atoms with Crippen molar-refractivity contribution >= 4 is 12.0 Å². The number of nitrogens with one attached hydrogen (secondary N) is 2. The minimum absolute atomic E-state index is 0.220. The number of benzene rings is 1. The summed E-state index contributed by atoms with van der Waals surface area (Å²) in [6, 6.07) is 9.41. The van der Waals surface area contributed by atoms with Crippen molar-refractivity contribution in [2.45, 2.75) is 19.4 Å². The minimum atomic E-state index is -0.490. The van der Waals surface area contributed by atoms with Crippen LogP contribution in [0.1, 0.15) is 18.4 Å². The molecule has 0 fully saturated rings. The summed E-state index contributed by atoms with van der Waals surface area (Å²) in [4.78, 5) is 26.8. The Labute approximate surface area is 112 Å². The fourth-order valence-corrected chi connectivity index (χ4v) is 1.38. The summed E-state index contributed by atoms with van der Waals surface area (Å²) < 4.78 is 5.01. The van der Waals surface area contributed by atoms with Crippen LogP contribution in [0.25, 0.3) is 0 Å². The van der Waals surface area contributed by atoms with E-state index in [1.54, 1.807) is 0 Å². The highest BCUT2D eigenvalue weighted by Crippen LogP contribution is 2.00. The van der Waals surface area contributed by atoms with E-state index in [1.807, 2.05) is 30.3 Å². The summed E-state index contributed by atoms with van der Waals surface area (Å²) in [7, 11) is 1.37. The first-order chi connectivity index (χ1) is 9.22. The molecule has 0 aliphatic carbocycles. The van der Waals surface area contributed by atoms with E-state index >= 15 is 0 Å². The van der Waals surface area contributed by atoms with E-state index < -0.39 is 6.09 Å². The van der Waals surface area contributed by atoms with Gasteiger partial charge in [0.1, 0.15) is 6.61 Å². The van der Waals surface area contributed by atoms with Gasteiger partial charge in [-0.15, -0.1) is 0 Å². The maximum atomic E-state index is 11.3. The van der Waals surface area contributed by atoms with Crippen molar-refractivity contribution in [2.75, 3.05) is 13.7 Å². The van der Waals surface area contributed by atoms with Gasteiger partial charge in [-0.05, 0) is 12.0 Å². The van der Waals surface area contributed by atoms with Crippen LogP contribution in [0.3, 0.4) is 0 Å². The number of carbonyl (C=O) groups is 2. The van der Waals surface area contributed by atoms with Crippen LogP contribution < -0.4 is 10.8 Å². The third-order valence-electron chi connectivity index (χ3n) is 2.28. The van der Waals surface area contributed by atoms with Crippen molar-refractivity contribution < 1.29 is 19.2 Å². The summed E-state index contributed by atoms with van der Waals surface area (Å²) in [6.07, 6.45) is 0.318. The zero-order valence-corrected chi connectivity index (χ0v) is 10.8. The summed E-state index contributed by atoms with van der Waals surface area (Å²) in [5, 5.41) is 2.57. The van der Waals surface area contributed by atoms with Gasteiger partial charge in [0.15, 0.2) is 0 Å². The third-order valence-corrected chi connectivity index (χ3v) is 2.28. The molecule has 104 valence electrons. The van der Waals surface area contributed by atoms with Crippen LogP contribution >= 0.6 is 0 Å². The largest absolute Gasteiger partial charge is 0.445 e. The number of amides is 2. The number of ether oxygens (including phenoxy) is 1. The van der Waals surface area contributed by atoms with Gasteiger partial charge in [-0.25, -0.2) is 10.3 Å². The van der Waals surface area contributed by atoms with Gasteiger partial charge < -0.3 is 10.1 Å². The zero-order chi connectivity index (χ0) is 13.9. The Morgan fingerprint density at radius 3 is 2.63 bits per heavy atom. The second-order valence-corrected chi connectivity index (χ2v) is 3.82. The second-order valence-electron chi connectivity index (χ2n) is 3.82.